The molecular formula is C13H19N3O3. The van der Waals surface area contributed by atoms with E-state index in [4.69, 9.17) is 5.73 Å². The molecule has 0 aromatic heterocycles. The lowest BCUT2D eigenvalue weighted by Crippen LogP contribution is -2.25. The Bertz CT molecular complexity index is 400. The van der Waals surface area contributed by atoms with Gasteiger partial charge in [0.2, 0.25) is 17.7 Å². The van der Waals surface area contributed by atoms with Gasteiger partial charge in [-0.05, 0) is 25.0 Å². The Labute approximate surface area is 112 Å². The minimum atomic E-state index is -0.539. The number of nitrogens with two attached hydrogens (primary N) is 1. The molecule has 0 fully saturated rings. The summed E-state index contributed by atoms with van der Waals surface area (Å²) >= 11 is 0. The van der Waals surface area contributed by atoms with E-state index in [1.54, 1.807) is 6.08 Å². The van der Waals surface area contributed by atoms with Crippen LogP contribution in [-0.2, 0) is 14.4 Å². The zero-order valence-corrected chi connectivity index (χ0v) is 10.8. The summed E-state index contributed by atoms with van der Waals surface area (Å²) in [4.78, 5) is 32.9. The van der Waals surface area contributed by atoms with Gasteiger partial charge in [-0.15, -0.1) is 0 Å². The average molecular weight is 265 g/mol. The minimum absolute atomic E-state index is 0.271. The van der Waals surface area contributed by atoms with Gasteiger partial charge in [0, 0.05) is 18.7 Å². The maximum atomic E-state index is 11.1. The molecule has 0 saturated heterocycles. The van der Waals surface area contributed by atoms with E-state index in [1.807, 2.05) is 0 Å². The van der Waals surface area contributed by atoms with Crippen LogP contribution >= 0.6 is 0 Å². The Kier molecular flexibility index (Phi) is 8.44. The molecular weight excluding hydrogens is 246 g/mol. The molecule has 0 heterocycles. The molecule has 0 bridgehead atoms. The number of primary amides is 1. The van der Waals surface area contributed by atoms with Crippen molar-refractivity contribution >= 4 is 17.7 Å². The molecule has 0 saturated carbocycles. The first kappa shape index (κ1) is 16.6. The maximum Gasteiger partial charge on any atom is 0.244 e. The van der Waals surface area contributed by atoms with Gasteiger partial charge in [0.25, 0.3) is 0 Å². The SMILES string of the molecule is C=CC(=O)NCCC=C(CCNC(=O)C=C)C(N)=O. The van der Waals surface area contributed by atoms with Crippen molar-refractivity contribution in [2.75, 3.05) is 13.1 Å². The van der Waals surface area contributed by atoms with E-state index in [0.29, 0.717) is 31.5 Å². The summed E-state index contributed by atoms with van der Waals surface area (Å²) in [6.07, 6.45) is 4.78. The van der Waals surface area contributed by atoms with Gasteiger partial charge in [-0.3, -0.25) is 14.4 Å². The summed E-state index contributed by atoms with van der Waals surface area (Å²) in [5.74, 6) is -1.11. The van der Waals surface area contributed by atoms with Crippen molar-refractivity contribution in [3.63, 3.8) is 0 Å². The molecule has 0 atom stereocenters. The third kappa shape index (κ3) is 8.37. The van der Waals surface area contributed by atoms with Gasteiger partial charge in [-0.2, -0.15) is 0 Å². The highest BCUT2D eigenvalue weighted by Gasteiger charge is 2.05. The van der Waals surface area contributed by atoms with Crippen LogP contribution in [-0.4, -0.2) is 30.8 Å². The summed E-state index contributed by atoms with van der Waals surface area (Å²) in [7, 11) is 0. The third-order valence-electron chi connectivity index (χ3n) is 2.22. The molecule has 104 valence electrons. The van der Waals surface area contributed by atoms with Crippen molar-refractivity contribution in [2.24, 2.45) is 5.73 Å². The Morgan fingerprint density at radius 1 is 1.00 bits per heavy atom. The highest BCUT2D eigenvalue weighted by molar-refractivity contribution is 5.92. The second-order valence-electron chi connectivity index (χ2n) is 3.62. The van der Waals surface area contributed by atoms with E-state index in [-0.39, 0.29) is 11.8 Å². The zero-order valence-electron chi connectivity index (χ0n) is 10.8. The molecule has 0 aliphatic heterocycles. The molecule has 0 spiro atoms. The second-order valence-corrected chi connectivity index (χ2v) is 3.62. The van der Waals surface area contributed by atoms with Crippen molar-refractivity contribution in [2.45, 2.75) is 12.8 Å². The minimum Gasteiger partial charge on any atom is -0.366 e. The fourth-order valence-electron chi connectivity index (χ4n) is 1.23. The molecule has 6 heteroatoms. The van der Waals surface area contributed by atoms with E-state index in [0.717, 1.165) is 6.08 Å². The molecule has 19 heavy (non-hydrogen) atoms. The second kappa shape index (κ2) is 9.64. The molecule has 3 amide bonds. The number of rotatable bonds is 9. The Hall–Kier alpha value is -2.37. The van der Waals surface area contributed by atoms with Crippen LogP contribution in [0.25, 0.3) is 0 Å². The van der Waals surface area contributed by atoms with Crippen LogP contribution in [0.4, 0.5) is 0 Å². The normalized spacial score (nSPS) is 10.4. The van der Waals surface area contributed by atoms with E-state index >= 15 is 0 Å². The molecule has 0 rings (SSSR count). The lowest BCUT2D eigenvalue weighted by molar-refractivity contribution is -0.117. The topological polar surface area (TPSA) is 101 Å². The molecule has 0 aromatic rings. The third-order valence-corrected chi connectivity index (χ3v) is 2.22. The van der Waals surface area contributed by atoms with E-state index in [9.17, 15) is 14.4 Å². The van der Waals surface area contributed by atoms with Gasteiger partial charge >= 0.3 is 0 Å². The van der Waals surface area contributed by atoms with E-state index in [2.05, 4.69) is 23.8 Å². The van der Waals surface area contributed by atoms with Crippen molar-refractivity contribution in [3.8, 4) is 0 Å². The van der Waals surface area contributed by atoms with Gasteiger partial charge in [-0.25, -0.2) is 0 Å². The maximum absolute atomic E-state index is 11.1. The smallest absolute Gasteiger partial charge is 0.244 e. The molecule has 0 aliphatic carbocycles. The van der Waals surface area contributed by atoms with E-state index < -0.39 is 5.91 Å². The monoisotopic (exact) mass is 265 g/mol. The Morgan fingerprint density at radius 3 is 2.00 bits per heavy atom. The number of nitrogens with one attached hydrogen (secondary N) is 2. The fraction of sp³-hybridized carbons (Fsp3) is 0.308. The van der Waals surface area contributed by atoms with Crippen molar-refractivity contribution < 1.29 is 14.4 Å². The summed E-state index contributed by atoms with van der Waals surface area (Å²) in [5.41, 5.74) is 5.62. The quantitative estimate of drug-likeness (QED) is 0.397. The van der Waals surface area contributed by atoms with Crippen LogP contribution in [0.5, 0.6) is 0 Å². The Morgan fingerprint density at radius 2 is 1.53 bits per heavy atom. The first-order chi connectivity index (χ1) is 9.01. The largest absolute Gasteiger partial charge is 0.366 e. The van der Waals surface area contributed by atoms with Gasteiger partial charge in [0.15, 0.2) is 0 Å². The summed E-state index contributed by atoms with van der Waals surface area (Å²) in [6.45, 7) is 7.32. The van der Waals surface area contributed by atoms with Crippen LogP contribution < -0.4 is 16.4 Å². The number of amides is 3. The molecule has 0 aromatic carbocycles. The van der Waals surface area contributed by atoms with Crippen molar-refractivity contribution in [1.82, 2.24) is 10.6 Å². The average Bonchev–Trinajstić information content (AvgIpc) is 2.40. The molecule has 0 radical (unpaired) electrons. The lowest BCUT2D eigenvalue weighted by atomic mass is 10.1. The summed E-state index contributed by atoms with van der Waals surface area (Å²) < 4.78 is 0. The number of hydrogen-bond acceptors (Lipinski definition) is 3. The van der Waals surface area contributed by atoms with Crippen LogP contribution in [0.2, 0.25) is 0 Å². The van der Waals surface area contributed by atoms with Gasteiger partial charge in [-0.1, -0.05) is 19.2 Å². The molecule has 0 unspecified atom stereocenters. The lowest BCUT2D eigenvalue weighted by Gasteiger charge is -2.05. The fourth-order valence-corrected chi connectivity index (χ4v) is 1.23. The highest BCUT2D eigenvalue weighted by atomic mass is 16.2. The van der Waals surface area contributed by atoms with Crippen LogP contribution in [0.3, 0.4) is 0 Å². The first-order valence-corrected chi connectivity index (χ1v) is 5.80. The van der Waals surface area contributed by atoms with Crippen LogP contribution in [0.1, 0.15) is 12.8 Å². The van der Waals surface area contributed by atoms with Gasteiger partial charge < -0.3 is 16.4 Å². The molecule has 4 N–H and O–H groups in total. The number of hydrogen-bond donors (Lipinski definition) is 3. The first-order valence-electron chi connectivity index (χ1n) is 5.80. The predicted octanol–water partition coefficient (Wildman–Crippen LogP) is -0.217. The van der Waals surface area contributed by atoms with E-state index in [1.165, 1.54) is 6.08 Å². The van der Waals surface area contributed by atoms with Crippen molar-refractivity contribution in [3.05, 3.63) is 37.0 Å². The van der Waals surface area contributed by atoms with Crippen LogP contribution in [0.15, 0.2) is 37.0 Å². The van der Waals surface area contributed by atoms with Crippen molar-refractivity contribution in [1.29, 1.82) is 0 Å². The van der Waals surface area contributed by atoms with Gasteiger partial charge in [0.05, 0.1) is 0 Å². The highest BCUT2D eigenvalue weighted by Crippen LogP contribution is 2.01. The zero-order chi connectivity index (χ0) is 14.7. The van der Waals surface area contributed by atoms with Crippen LogP contribution in [0, 0.1) is 0 Å². The molecule has 0 aliphatic rings. The summed E-state index contributed by atoms with van der Waals surface area (Å²) in [5, 5.41) is 5.12. The number of carbonyl (C=O) groups excluding carboxylic acids is 3. The summed E-state index contributed by atoms with van der Waals surface area (Å²) in [6, 6.07) is 0. The molecule has 6 nitrogen and oxygen atoms in total. The standard InChI is InChI=1S/C13H19N3O3/c1-3-11(17)15-8-5-6-10(13(14)19)7-9-16-12(18)4-2/h3-4,6H,1-2,5,7-9H2,(H2,14,19)(H,15,17)(H,16,18). The number of carbonyl (C=O) groups is 3. The Balaban J connectivity index is 4.13. The van der Waals surface area contributed by atoms with Gasteiger partial charge in [0.1, 0.15) is 0 Å². The predicted molar refractivity (Wildman–Crippen MR) is 72.9 cm³/mol.